The third kappa shape index (κ3) is 12.3. The van der Waals surface area contributed by atoms with Crippen molar-refractivity contribution >= 4 is 11.6 Å². The molecule has 0 aliphatic carbocycles. The zero-order valence-corrected chi connectivity index (χ0v) is 10.7. The first-order valence-corrected chi connectivity index (χ1v) is 6.66. The van der Waals surface area contributed by atoms with Crippen molar-refractivity contribution in [1.82, 2.24) is 0 Å². The van der Waals surface area contributed by atoms with Crippen LogP contribution in [-0.2, 0) is 0 Å². The van der Waals surface area contributed by atoms with E-state index in [1.807, 2.05) is 0 Å². The quantitative estimate of drug-likeness (QED) is 0.342. The van der Waals surface area contributed by atoms with E-state index in [9.17, 15) is 0 Å². The van der Waals surface area contributed by atoms with Gasteiger partial charge in [0.1, 0.15) is 0 Å². The van der Waals surface area contributed by atoms with Gasteiger partial charge in [-0.15, -0.1) is 11.6 Å². The largest absolute Gasteiger partial charge is 0.127 e. The van der Waals surface area contributed by atoms with Crippen LogP contribution in [0.15, 0.2) is 0 Å². The first kappa shape index (κ1) is 14.3. The van der Waals surface area contributed by atoms with Crippen molar-refractivity contribution in [1.29, 1.82) is 0 Å². The normalized spacial score (nSPS) is 11.1. The van der Waals surface area contributed by atoms with Gasteiger partial charge in [-0.3, -0.25) is 0 Å². The van der Waals surface area contributed by atoms with Crippen molar-refractivity contribution in [2.24, 2.45) is 0 Å². The Hall–Kier alpha value is 0.290. The van der Waals surface area contributed by atoms with E-state index < -0.39 is 0 Å². The van der Waals surface area contributed by atoms with Crippen LogP contribution in [0, 0.1) is 5.92 Å². The lowest BCUT2D eigenvalue weighted by Crippen LogP contribution is -1.85. The summed E-state index contributed by atoms with van der Waals surface area (Å²) in [6.45, 7) is 4.46. The smallest absolute Gasteiger partial charge is 0.0223 e. The lowest BCUT2D eigenvalue weighted by molar-refractivity contribution is 0.568. The van der Waals surface area contributed by atoms with Crippen molar-refractivity contribution in [2.45, 2.75) is 71.6 Å². The van der Waals surface area contributed by atoms with Gasteiger partial charge in [0.2, 0.25) is 0 Å². The molecule has 0 aromatic rings. The molecule has 0 saturated heterocycles. The zero-order valence-electron chi connectivity index (χ0n) is 9.95. The van der Waals surface area contributed by atoms with E-state index in [1.165, 1.54) is 57.8 Å². The average Bonchev–Trinajstić information content (AvgIpc) is 2.15. The lowest BCUT2D eigenvalue weighted by Gasteiger charge is -2.03. The Balaban J connectivity index is 2.85. The summed E-state index contributed by atoms with van der Waals surface area (Å²) in [5.41, 5.74) is 0. The molecule has 0 fully saturated rings. The van der Waals surface area contributed by atoms with Gasteiger partial charge in [0.15, 0.2) is 0 Å². The van der Waals surface area contributed by atoms with Crippen molar-refractivity contribution in [3.05, 3.63) is 5.92 Å². The Morgan fingerprint density at radius 3 is 1.57 bits per heavy atom. The Labute approximate surface area is 95.4 Å². The van der Waals surface area contributed by atoms with Gasteiger partial charge in [0.05, 0.1) is 0 Å². The highest BCUT2D eigenvalue weighted by molar-refractivity contribution is 6.17. The van der Waals surface area contributed by atoms with E-state index in [2.05, 4.69) is 13.8 Å². The van der Waals surface area contributed by atoms with Crippen LogP contribution < -0.4 is 0 Å². The second kappa shape index (κ2) is 11.4. The second-order valence-corrected chi connectivity index (χ2v) is 4.85. The van der Waals surface area contributed by atoms with E-state index in [1.54, 1.807) is 5.92 Å². The molecule has 0 atom stereocenters. The predicted molar refractivity (Wildman–Crippen MR) is 66.9 cm³/mol. The van der Waals surface area contributed by atoms with Crippen LogP contribution in [0.1, 0.15) is 71.6 Å². The Bertz CT molecular complexity index is 99.4. The van der Waals surface area contributed by atoms with E-state index in [0.29, 0.717) is 0 Å². The number of hydrogen-bond acceptors (Lipinski definition) is 0. The highest BCUT2D eigenvalue weighted by atomic mass is 35.5. The molecule has 0 unspecified atom stereocenters. The maximum atomic E-state index is 5.61. The predicted octanol–water partition coefficient (Wildman–Crippen LogP) is 5.35. The van der Waals surface area contributed by atoms with Crippen molar-refractivity contribution in [3.8, 4) is 0 Å². The van der Waals surface area contributed by atoms with Gasteiger partial charge in [0.25, 0.3) is 0 Å². The van der Waals surface area contributed by atoms with E-state index >= 15 is 0 Å². The number of alkyl halides is 1. The van der Waals surface area contributed by atoms with Crippen LogP contribution in [0.5, 0.6) is 0 Å². The molecule has 0 aliphatic rings. The molecule has 0 bridgehead atoms. The first-order chi connectivity index (χ1) is 6.77. The van der Waals surface area contributed by atoms with Crippen LogP contribution >= 0.6 is 11.6 Å². The lowest BCUT2D eigenvalue weighted by atomic mass is 10.0. The molecule has 0 nitrogen and oxygen atoms in total. The Morgan fingerprint density at radius 2 is 1.14 bits per heavy atom. The zero-order chi connectivity index (χ0) is 10.6. The van der Waals surface area contributed by atoms with Crippen LogP contribution in [0.3, 0.4) is 0 Å². The molecule has 0 N–H and O–H groups in total. The summed E-state index contributed by atoms with van der Waals surface area (Å²) in [5.74, 6) is 2.41. The summed E-state index contributed by atoms with van der Waals surface area (Å²) in [6, 6.07) is 0. The van der Waals surface area contributed by atoms with Crippen molar-refractivity contribution in [2.75, 3.05) is 5.88 Å². The van der Waals surface area contributed by atoms with Gasteiger partial charge in [0, 0.05) is 5.88 Å². The number of rotatable bonds is 10. The van der Waals surface area contributed by atoms with Gasteiger partial charge in [-0.25, -0.2) is 0 Å². The summed E-state index contributed by atoms with van der Waals surface area (Å²) in [6.07, 6.45) is 12.3. The van der Waals surface area contributed by atoms with E-state index in [0.717, 1.165) is 5.88 Å². The molecule has 0 spiro atoms. The molecule has 1 radical (unpaired) electrons. The van der Waals surface area contributed by atoms with Gasteiger partial charge in [-0.05, 0) is 18.8 Å². The van der Waals surface area contributed by atoms with Gasteiger partial charge in [-0.1, -0.05) is 58.8 Å². The average molecular weight is 218 g/mol. The van der Waals surface area contributed by atoms with Crippen LogP contribution in [0.25, 0.3) is 0 Å². The molecule has 0 aliphatic heterocycles. The SMILES string of the molecule is C[C](C)CCCCCCCCCCCl. The molecule has 0 heterocycles. The maximum Gasteiger partial charge on any atom is 0.0223 e. The maximum absolute atomic E-state index is 5.61. The monoisotopic (exact) mass is 217 g/mol. The first-order valence-electron chi connectivity index (χ1n) is 6.12. The van der Waals surface area contributed by atoms with Crippen LogP contribution in [0.2, 0.25) is 0 Å². The highest BCUT2D eigenvalue weighted by Crippen LogP contribution is 2.13. The molecule has 1 heteroatoms. The molecule has 0 aromatic heterocycles. The Kier molecular flexibility index (Phi) is 11.6. The summed E-state index contributed by atoms with van der Waals surface area (Å²) in [5, 5.41) is 0. The minimum absolute atomic E-state index is 0.839. The summed E-state index contributed by atoms with van der Waals surface area (Å²) in [4.78, 5) is 0. The van der Waals surface area contributed by atoms with Crippen molar-refractivity contribution in [3.63, 3.8) is 0 Å². The third-order valence-electron chi connectivity index (χ3n) is 2.56. The number of unbranched alkanes of at least 4 members (excludes halogenated alkanes) is 7. The minimum atomic E-state index is 0.839. The fourth-order valence-electron chi connectivity index (χ4n) is 1.63. The molecular formula is C13H26Cl. The highest BCUT2D eigenvalue weighted by Gasteiger charge is 1.95. The molecule has 0 aromatic carbocycles. The summed E-state index contributed by atoms with van der Waals surface area (Å²) in [7, 11) is 0. The van der Waals surface area contributed by atoms with Crippen molar-refractivity contribution < 1.29 is 0 Å². The standard InChI is InChI=1S/C13H26Cl/c1-13(2)11-9-7-5-3-4-6-8-10-12-14/h3-12H2,1-2H3. The van der Waals surface area contributed by atoms with E-state index in [4.69, 9.17) is 11.6 Å². The fraction of sp³-hybridized carbons (Fsp3) is 0.923. The van der Waals surface area contributed by atoms with E-state index in [-0.39, 0.29) is 0 Å². The Morgan fingerprint density at radius 1 is 0.714 bits per heavy atom. The van der Waals surface area contributed by atoms with Gasteiger partial charge >= 0.3 is 0 Å². The topological polar surface area (TPSA) is 0 Å². The second-order valence-electron chi connectivity index (χ2n) is 4.47. The molecular weight excluding hydrogens is 192 g/mol. The van der Waals surface area contributed by atoms with Crippen LogP contribution in [-0.4, -0.2) is 5.88 Å². The molecule has 0 amide bonds. The minimum Gasteiger partial charge on any atom is -0.127 e. The van der Waals surface area contributed by atoms with Crippen LogP contribution in [0.4, 0.5) is 0 Å². The number of halogens is 1. The van der Waals surface area contributed by atoms with Gasteiger partial charge < -0.3 is 0 Å². The third-order valence-corrected chi connectivity index (χ3v) is 2.83. The molecule has 85 valence electrons. The fourth-order valence-corrected chi connectivity index (χ4v) is 1.82. The number of hydrogen-bond donors (Lipinski definition) is 0. The summed E-state index contributed by atoms with van der Waals surface area (Å²) >= 11 is 5.61. The molecule has 0 saturated carbocycles. The molecule has 0 rings (SSSR count). The van der Waals surface area contributed by atoms with Gasteiger partial charge in [-0.2, -0.15) is 0 Å². The summed E-state index contributed by atoms with van der Waals surface area (Å²) < 4.78 is 0. The molecule has 14 heavy (non-hydrogen) atoms.